The molecule has 3 heterocycles. The molecule has 3 aliphatic heterocycles. The Morgan fingerprint density at radius 1 is 0.438 bits per heavy atom. The number of hydrogen-bond donors (Lipinski definition) is 0. The van der Waals surface area contributed by atoms with Gasteiger partial charge in [0.05, 0.1) is 0 Å². The summed E-state index contributed by atoms with van der Waals surface area (Å²) in [5.41, 5.74) is 0. The topological polar surface area (TPSA) is 9.72 Å². The van der Waals surface area contributed by atoms with E-state index in [1.54, 1.807) is 0 Å². The van der Waals surface area contributed by atoms with E-state index >= 15 is 0 Å². The van der Waals surface area contributed by atoms with E-state index in [1.165, 1.54) is 77.8 Å². The molecule has 0 atom stereocenters. The van der Waals surface area contributed by atoms with E-state index in [0.717, 1.165) is 0 Å². The zero-order valence-electron chi connectivity index (χ0n) is 10.3. The summed E-state index contributed by atoms with van der Waals surface area (Å²) >= 11 is -1.54. The molecule has 0 saturated carbocycles. The summed E-state index contributed by atoms with van der Waals surface area (Å²) in [5.74, 6) is 0. The Balaban J connectivity index is 1.70. The SMILES string of the molecule is C1CC[N]([Sn]([N]2CCCC2)[N]2CCCC2)C1. The Morgan fingerprint density at radius 2 is 0.688 bits per heavy atom. The van der Waals surface area contributed by atoms with E-state index in [9.17, 15) is 0 Å². The first-order valence-corrected chi connectivity index (χ1v) is 10.9. The van der Waals surface area contributed by atoms with Crippen LogP contribution in [0, 0.1) is 0 Å². The Bertz CT molecular complexity index is 180. The van der Waals surface area contributed by atoms with Gasteiger partial charge >= 0.3 is 108 Å². The summed E-state index contributed by atoms with van der Waals surface area (Å²) in [6.07, 6.45) is 8.78. The molecule has 3 nitrogen and oxygen atoms in total. The van der Waals surface area contributed by atoms with Crippen LogP contribution in [0.5, 0.6) is 0 Å². The quantitative estimate of drug-likeness (QED) is 0.722. The van der Waals surface area contributed by atoms with Crippen molar-refractivity contribution in [1.29, 1.82) is 0 Å². The van der Waals surface area contributed by atoms with Gasteiger partial charge in [0.1, 0.15) is 0 Å². The van der Waals surface area contributed by atoms with Gasteiger partial charge in [-0.2, -0.15) is 0 Å². The first-order valence-electron chi connectivity index (χ1n) is 7.07. The zero-order valence-corrected chi connectivity index (χ0v) is 13.2. The molecule has 0 unspecified atom stereocenters. The second kappa shape index (κ2) is 5.55. The van der Waals surface area contributed by atoms with Gasteiger partial charge in [0.15, 0.2) is 0 Å². The average Bonchev–Trinajstić information content (AvgIpc) is 3.02. The third-order valence-electron chi connectivity index (χ3n) is 4.17. The Labute approximate surface area is 108 Å². The van der Waals surface area contributed by atoms with Gasteiger partial charge in [-0.25, -0.2) is 0 Å². The molecule has 1 radical (unpaired) electrons. The summed E-state index contributed by atoms with van der Waals surface area (Å²) in [5, 5.41) is 0. The van der Waals surface area contributed by atoms with Crippen LogP contribution >= 0.6 is 0 Å². The van der Waals surface area contributed by atoms with Gasteiger partial charge in [0, 0.05) is 0 Å². The maximum atomic E-state index is 2.93. The van der Waals surface area contributed by atoms with Crippen molar-refractivity contribution in [1.82, 2.24) is 9.36 Å². The normalized spacial score (nSPS) is 29.8. The summed E-state index contributed by atoms with van der Waals surface area (Å²) in [7, 11) is 0. The van der Waals surface area contributed by atoms with Gasteiger partial charge in [0.2, 0.25) is 0 Å². The predicted octanol–water partition coefficient (Wildman–Crippen LogP) is 1.26. The van der Waals surface area contributed by atoms with Gasteiger partial charge in [-0.15, -0.1) is 0 Å². The Morgan fingerprint density at radius 3 is 0.938 bits per heavy atom. The number of hydrogen-bond acceptors (Lipinski definition) is 3. The molecule has 3 saturated heterocycles. The van der Waals surface area contributed by atoms with Gasteiger partial charge < -0.3 is 0 Å². The van der Waals surface area contributed by atoms with Crippen LogP contribution in [0.25, 0.3) is 0 Å². The van der Waals surface area contributed by atoms with Crippen molar-refractivity contribution in [2.24, 2.45) is 0 Å². The summed E-state index contributed by atoms with van der Waals surface area (Å²) < 4.78 is 8.79. The van der Waals surface area contributed by atoms with Crippen molar-refractivity contribution in [3.8, 4) is 0 Å². The monoisotopic (exact) mass is 330 g/mol. The fourth-order valence-electron chi connectivity index (χ4n) is 3.35. The van der Waals surface area contributed by atoms with E-state index in [2.05, 4.69) is 9.36 Å². The summed E-state index contributed by atoms with van der Waals surface area (Å²) in [4.78, 5) is 0. The van der Waals surface area contributed by atoms with E-state index in [-0.39, 0.29) is 0 Å². The molecule has 0 aliphatic carbocycles. The van der Waals surface area contributed by atoms with E-state index in [4.69, 9.17) is 0 Å². The van der Waals surface area contributed by atoms with Crippen LogP contribution in [0.15, 0.2) is 0 Å². The second-order valence-corrected chi connectivity index (χ2v) is 12.5. The molecule has 3 aliphatic rings. The van der Waals surface area contributed by atoms with E-state index in [1.807, 2.05) is 0 Å². The number of rotatable bonds is 3. The molecule has 16 heavy (non-hydrogen) atoms. The zero-order chi connectivity index (χ0) is 10.8. The minimum atomic E-state index is -1.54. The minimum absolute atomic E-state index is 1.42. The third-order valence-corrected chi connectivity index (χ3v) is 12.8. The van der Waals surface area contributed by atoms with Crippen LogP contribution < -0.4 is 0 Å². The van der Waals surface area contributed by atoms with Crippen molar-refractivity contribution >= 4 is 20.6 Å². The van der Waals surface area contributed by atoms with Crippen molar-refractivity contribution in [2.45, 2.75) is 38.5 Å². The van der Waals surface area contributed by atoms with Crippen LogP contribution in [0.4, 0.5) is 0 Å². The maximum absolute atomic E-state index is 2.93. The number of nitrogens with zero attached hydrogens (tertiary/aromatic N) is 3. The predicted molar refractivity (Wildman–Crippen MR) is 68.2 cm³/mol. The molecular formula is C12H24N3Sn. The fraction of sp³-hybridized carbons (Fsp3) is 1.00. The molecule has 0 N–H and O–H groups in total. The molecule has 0 bridgehead atoms. The third kappa shape index (κ3) is 2.42. The van der Waals surface area contributed by atoms with E-state index < -0.39 is 20.6 Å². The molecule has 0 aromatic carbocycles. The average molecular weight is 329 g/mol. The summed E-state index contributed by atoms with van der Waals surface area (Å²) in [6, 6.07) is 0. The molecular weight excluding hydrogens is 305 g/mol. The molecule has 4 heteroatoms. The molecule has 3 rings (SSSR count). The van der Waals surface area contributed by atoms with Gasteiger partial charge in [-0.1, -0.05) is 0 Å². The van der Waals surface area contributed by atoms with Crippen molar-refractivity contribution < 1.29 is 0 Å². The second-order valence-electron chi connectivity index (χ2n) is 5.38. The van der Waals surface area contributed by atoms with Gasteiger partial charge in [-0.3, -0.25) is 0 Å². The molecule has 0 spiro atoms. The molecule has 91 valence electrons. The Hall–Kier alpha value is 0.679. The van der Waals surface area contributed by atoms with Crippen molar-refractivity contribution in [2.75, 3.05) is 39.3 Å². The van der Waals surface area contributed by atoms with Crippen molar-refractivity contribution in [3.63, 3.8) is 0 Å². The molecule has 0 aromatic heterocycles. The first-order chi connectivity index (χ1) is 7.95. The van der Waals surface area contributed by atoms with Gasteiger partial charge in [0.25, 0.3) is 0 Å². The Kier molecular flexibility index (Phi) is 4.07. The molecule has 3 fully saturated rings. The van der Waals surface area contributed by atoms with Crippen LogP contribution in [0.2, 0.25) is 0 Å². The van der Waals surface area contributed by atoms with Crippen LogP contribution in [-0.2, 0) is 0 Å². The van der Waals surface area contributed by atoms with Crippen LogP contribution in [0.3, 0.4) is 0 Å². The summed E-state index contributed by atoms with van der Waals surface area (Å²) in [6.45, 7) is 8.51. The van der Waals surface area contributed by atoms with Gasteiger partial charge in [-0.05, 0) is 0 Å². The first kappa shape index (κ1) is 11.8. The van der Waals surface area contributed by atoms with E-state index in [0.29, 0.717) is 0 Å². The van der Waals surface area contributed by atoms with Crippen LogP contribution in [-0.4, -0.2) is 69.2 Å². The standard InChI is InChI=1S/3C4H8N.Sn/c3*1-2-4-5-3-1;/h3*1-4H2;/q3*-1;+3. The molecule has 0 aromatic rings. The van der Waals surface area contributed by atoms with Crippen molar-refractivity contribution in [3.05, 3.63) is 0 Å². The van der Waals surface area contributed by atoms with Crippen LogP contribution in [0.1, 0.15) is 38.5 Å². The molecule has 0 amide bonds. The fourth-order valence-corrected chi connectivity index (χ4v) is 12.9.